The van der Waals surface area contributed by atoms with Crippen LogP contribution in [-0.4, -0.2) is 18.7 Å². The average Bonchev–Trinajstić information content (AvgIpc) is 1.63. The largest absolute Gasteiger partial charge is 0.378 e. The van der Waals surface area contributed by atoms with Gasteiger partial charge in [-0.05, 0) is 13.8 Å². The van der Waals surface area contributed by atoms with Crippen LogP contribution in [0.15, 0.2) is 0 Å². The minimum absolute atomic E-state index is 0.0735. The Morgan fingerprint density at radius 3 is 2.56 bits per heavy atom. The molecule has 2 nitrogen and oxygen atoms in total. The Labute approximate surface area is 54.0 Å². The van der Waals surface area contributed by atoms with Crippen molar-refractivity contribution in [2.75, 3.05) is 6.61 Å². The van der Waals surface area contributed by atoms with Crippen LogP contribution in [0.3, 0.4) is 0 Å². The van der Waals surface area contributed by atoms with E-state index >= 15 is 0 Å². The first kappa shape index (κ1) is 8.56. The second kappa shape index (κ2) is 4.44. The van der Waals surface area contributed by atoms with Crippen molar-refractivity contribution in [2.45, 2.75) is 26.4 Å². The zero-order chi connectivity index (χ0) is 7.28. The van der Waals surface area contributed by atoms with Gasteiger partial charge in [0, 0.05) is 0 Å². The van der Waals surface area contributed by atoms with Gasteiger partial charge in [-0.3, -0.25) is 4.79 Å². The van der Waals surface area contributed by atoms with Gasteiger partial charge in [0.25, 0.3) is 0 Å². The lowest BCUT2D eigenvalue weighted by Crippen LogP contribution is -2.05. The van der Waals surface area contributed by atoms with Gasteiger partial charge < -0.3 is 4.74 Å². The van der Waals surface area contributed by atoms with E-state index in [9.17, 15) is 9.18 Å². The van der Waals surface area contributed by atoms with E-state index in [0.29, 0.717) is 0 Å². The van der Waals surface area contributed by atoms with Gasteiger partial charge in [0.15, 0.2) is 0 Å². The number of halogens is 1. The molecule has 54 valence electrons. The summed E-state index contributed by atoms with van der Waals surface area (Å²) >= 11 is 0. The van der Waals surface area contributed by atoms with E-state index in [-0.39, 0.29) is 19.1 Å². The summed E-state index contributed by atoms with van der Waals surface area (Å²) in [5.41, 5.74) is 0. The fourth-order valence-electron chi connectivity index (χ4n) is 0.375. The Kier molecular flexibility index (Phi) is 4.22. The highest BCUT2D eigenvalue weighted by Crippen LogP contribution is 1.91. The maximum absolute atomic E-state index is 11.4. The molecule has 0 aromatic rings. The summed E-state index contributed by atoms with van der Waals surface area (Å²) in [5, 5.41) is 0. The van der Waals surface area contributed by atoms with Crippen molar-refractivity contribution < 1.29 is 13.9 Å². The van der Waals surface area contributed by atoms with Crippen LogP contribution >= 0.6 is 0 Å². The fraction of sp³-hybridized carbons (Fsp3) is 0.833. The normalized spacial score (nSPS) is 10.2. The van der Waals surface area contributed by atoms with E-state index in [1.165, 1.54) is 0 Å². The summed E-state index contributed by atoms with van der Waals surface area (Å²) in [6.45, 7) is 3.86. The summed E-state index contributed by atoms with van der Waals surface area (Å²) in [6, 6.07) is -1.31. The molecular formula is C6H11FO2. The molecule has 0 saturated heterocycles. The topological polar surface area (TPSA) is 26.3 Å². The molecule has 0 aromatic heterocycles. The Hall–Kier alpha value is -0.440. The van der Waals surface area contributed by atoms with Crippen molar-refractivity contribution in [1.82, 2.24) is 0 Å². The fourth-order valence-corrected chi connectivity index (χ4v) is 0.375. The third-order valence-corrected chi connectivity index (χ3v) is 0.750. The number of rotatable bonds is 4. The van der Waals surface area contributed by atoms with Crippen LogP contribution in [0.25, 0.3) is 0 Å². The highest BCUT2D eigenvalue weighted by atomic mass is 19.1. The Morgan fingerprint density at radius 1 is 1.67 bits per heavy atom. The van der Waals surface area contributed by atoms with Gasteiger partial charge in [0.2, 0.25) is 0 Å². The minimum Gasteiger partial charge on any atom is -0.378 e. The number of hydrogen-bond acceptors (Lipinski definition) is 2. The highest BCUT2D eigenvalue weighted by Gasteiger charge is 1.98. The summed E-state index contributed by atoms with van der Waals surface area (Å²) in [4.78, 5) is 9.68. The lowest BCUT2D eigenvalue weighted by molar-refractivity contribution is -0.130. The van der Waals surface area contributed by atoms with Crippen molar-refractivity contribution in [3.05, 3.63) is 0 Å². The van der Waals surface area contributed by atoms with Gasteiger partial charge in [-0.25, -0.2) is 0 Å². The maximum Gasteiger partial charge on any atom is 0.303 e. The molecule has 3 heteroatoms. The van der Waals surface area contributed by atoms with Gasteiger partial charge >= 0.3 is 6.04 Å². The van der Waals surface area contributed by atoms with Crippen LogP contribution in [0.5, 0.6) is 0 Å². The SMILES string of the molecule is CC(C)OCCC(=O)F. The van der Waals surface area contributed by atoms with Crippen LogP contribution in [0, 0.1) is 0 Å². The molecule has 0 aliphatic carbocycles. The number of carbonyl (C=O) groups excluding carboxylic acids is 1. The van der Waals surface area contributed by atoms with E-state index in [1.54, 1.807) is 0 Å². The third kappa shape index (κ3) is 7.56. The zero-order valence-electron chi connectivity index (χ0n) is 5.69. The number of ether oxygens (including phenoxy) is 1. The standard InChI is InChI=1S/C6H11FO2/c1-5(2)9-4-3-6(7)8/h5H,3-4H2,1-2H3. The van der Waals surface area contributed by atoms with Crippen molar-refractivity contribution in [1.29, 1.82) is 0 Å². The second-order valence-corrected chi connectivity index (χ2v) is 2.02. The average molecular weight is 134 g/mol. The molecule has 0 fully saturated rings. The number of hydrogen-bond donors (Lipinski definition) is 0. The van der Waals surface area contributed by atoms with Gasteiger partial charge in [-0.15, -0.1) is 0 Å². The van der Waals surface area contributed by atoms with Gasteiger partial charge in [-0.1, -0.05) is 0 Å². The molecule has 0 atom stereocenters. The predicted molar refractivity (Wildman–Crippen MR) is 31.8 cm³/mol. The smallest absolute Gasteiger partial charge is 0.303 e. The zero-order valence-corrected chi connectivity index (χ0v) is 5.69. The molecule has 0 saturated carbocycles. The second-order valence-electron chi connectivity index (χ2n) is 2.02. The maximum atomic E-state index is 11.4. The van der Waals surface area contributed by atoms with E-state index in [0.717, 1.165) is 0 Å². The predicted octanol–water partition coefficient (Wildman–Crippen LogP) is 1.30. The van der Waals surface area contributed by atoms with Crippen LogP contribution < -0.4 is 0 Å². The molecule has 0 aliphatic heterocycles. The summed E-state index contributed by atoms with van der Waals surface area (Å²) in [7, 11) is 0. The van der Waals surface area contributed by atoms with Crippen LogP contribution in [-0.2, 0) is 9.53 Å². The molecular weight excluding hydrogens is 123 g/mol. The van der Waals surface area contributed by atoms with Crippen LogP contribution in [0.4, 0.5) is 4.39 Å². The lowest BCUT2D eigenvalue weighted by atomic mass is 10.4. The van der Waals surface area contributed by atoms with Gasteiger partial charge in [0.05, 0.1) is 19.1 Å². The summed E-state index contributed by atoms with van der Waals surface area (Å²) in [5.74, 6) is 0. The first-order valence-electron chi connectivity index (χ1n) is 2.93. The molecule has 0 rings (SSSR count). The Bertz CT molecular complexity index is 91.1. The first-order valence-corrected chi connectivity index (χ1v) is 2.93. The molecule has 0 aromatic carbocycles. The van der Waals surface area contributed by atoms with E-state index < -0.39 is 6.04 Å². The molecule has 0 amide bonds. The van der Waals surface area contributed by atoms with Crippen LogP contribution in [0.1, 0.15) is 20.3 Å². The molecule has 0 bridgehead atoms. The molecule has 0 heterocycles. The van der Waals surface area contributed by atoms with Crippen molar-refractivity contribution >= 4 is 6.04 Å². The van der Waals surface area contributed by atoms with E-state index in [2.05, 4.69) is 0 Å². The van der Waals surface area contributed by atoms with Crippen molar-refractivity contribution in [3.8, 4) is 0 Å². The monoisotopic (exact) mass is 134 g/mol. The molecule has 0 aliphatic rings. The quantitative estimate of drug-likeness (QED) is 0.541. The molecule has 0 spiro atoms. The van der Waals surface area contributed by atoms with Gasteiger partial charge in [-0.2, -0.15) is 4.39 Å². The highest BCUT2D eigenvalue weighted by molar-refractivity contribution is 5.67. The molecule has 0 unspecified atom stereocenters. The molecule has 0 N–H and O–H groups in total. The van der Waals surface area contributed by atoms with Crippen molar-refractivity contribution in [3.63, 3.8) is 0 Å². The Balaban J connectivity index is 3.01. The first-order chi connectivity index (χ1) is 4.13. The summed E-state index contributed by atoms with van der Waals surface area (Å²) < 4.78 is 16.3. The van der Waals surface area contributed by atoms with E-state index in [4.69, 9.17) is 4.74 Å². The minimum atomic E-state index is -1.31. The van der Waals surface area contributed by atoms with Gasteiger partial charge in [0.1, 0.15) is 0 Å². The Morgan fingerprint density at radius 2 is 2.22 bits per heavy atom. The van der Waals surface area contributed by atoms with Crippen molar-refractivity contribution in [2.24, 2.45) is 0 Å². The third-order valence-electron chi connectivity index (χ3n) is 0.750. The molecule has 0 radical (unpaired) electrons. The number of carbonyl (C=O) groups is 1. The van der Waals surface area contributed by atoms with E-state index in [1.807, 2.05) is 13.8 Å². The summed E-state index contributed by atoms with van der Waals surface area (Å²) in [6.07, 6.45) is -0.0533. The lowest BCUT2D eigenvalue weighted by Gasteiger charge is -2.03. The van der Waals surface area contributed by atoms with Crippen LogP contribution in [0.2, 0.25) is 0 Å². The molecule has 9 heavy (non-hydrogen) atoms.